The number of thiazole rings is 1. The lowest BCUT2D eigenvalue weighted by Crippen LogP contribution is -2.21. The van der Waals surface area contributed by atoms with Gasteiger partial charge >= 0.3 is 5.97 Å². The monoisotopic (exact) mass is 399 g/mol. The first kappa shape index (κ1) is 19.3. The predicted octanol–water partition coefficient (Wildman–Crippen LogP) is 4.91. The highest BCUT2D eigenvalue weighted by Crippen LogP contribution is 2.25. The molecule has 0 amide bonds. The summed E-state index contributed by atoms with van der Waals surface area (Å²) in [4.78, 5) is 28.4. The van der Waals surface area contributed by atoms with Crippen LogP contribution in [0.3, 0.4) is 0 Å². The molecule has 4 nitrogen and oxygen atoms in total. The molecule has 27 heavy (non-hydrogen) atoms. The van der Waals surface area contributed by atoms with E-state index in [4.69, 9.17) is 11.6 Å². The Labute approximate surface area is 166 Å². The van der Waals surface area contributed by atoms with Crippen LogP contribution in [0.15, 0.2) is 60.0 Å². The number of halogens is 1. The minimum atomic E-state index is -0.952. The zero-order valence-corrected chi connectivity index (χ0v) is 16.0. The smallest absolute Gasteiger partial charge is 0.307 e. The van der Waals surface area contributed by atoms with Gasteiger partial charge in [-0.1, -0.05) is 54.1 Å². The lowest BCUT2D eigenvalue weighted by molar-refractivity contribution is -0.143. The Morgan fingerprint density at radius 2 is 1.78 bits per heavy atom. The van der Waals surface area contributed by atoms with Gasteiger partial charge in [0.05, 0.1) is 11.6 Å². The predicted molar refractivity (Wildman–Crippen MR) is 107 cm³/mol. The molecule has 0 saturated heterocycles. The van der Waals surface area contributed by atoms with E-state index in [9.17, 15) is 14.7 Å². The van der Waals surface area contributed by atoms with Crippen LogP contribution in [0.4, 0.5) is 0 Å². The van der Waals surface area contributed by atoms with E-state index in [0.717, 1.165) is 16.1 Å². The van der Waals surface area contributed by atoms with E-state index in [2.05, 4.69) is 4.98 Å². The van der Waals surface area contributed by atoms with Crippen molar-refractivity contribution in [3.8, 4) is 10.6 Å². The van der Waals surface area contributed by atoms with Crippen molar-refractivity contribution in [3.05, 3.63) is 76.3 Å². The Morgan fingerprint density at radius 3 is 2.44 bits per heavy atom. The van der Waals surface area contributed by atoms with Gasteiger partial charge in [0, 0.05) is 28.8 Å². The van der Waals surface area contributed by atoms with Gasteiger partial charge in [-0.25, -0.2) is 4.98 Å². The van der Waals surface area contributed by atoms with Crippen LogP contribution in [-0.2, 0) is 22.4 Å². The molecular weight excluding hydrogens is 382 g/mol. The SMILES string of the molecule is O=C(Cc1csc(-c2ccc(Cl)cc2)n1)C[C@H](Cc1ccccc1)C(=O)O. The normalized spacial score (nSPS) is 11.9. The summed E-state index contributed by atoms with van der Waals surface area (Å²) in [6, 6.07) is 16.7. The highest BCUT2D eigenvalue weighted by molar-refractivity contribution is 7.13. The second-order valence-electron chi connectivity index (χ2n) is 6.30. The molecule has 0 saturated carbocycles. The second kappa shape index (κ2) is 8.93. The molecule has 3 rings (SSSR count). The van der Waals surface area contributed by atoms with Gasteiger partial charge in [0.15, 0.2) is 0 Å². The molecular formula is C21H18ClNO3S. The molecule has 1 aromatic heterocycles. The van der Waals surface area contributed by atoms with Crippen molar-refractivity contribution in [3.63, 3.8) is 0 Å². The molecule has 1 heterocycles. The number of aliphatic carboxylic acids is 1. The minimum absolute atomic E-state index is 0.00195. The van der Waals surface area contributed by atoms with Crippen molar-refractivity contribution in [1.82, 2.24) is 4.98 Å². The molecule has 6 heteroatoms. The van der Waals surface area contributed by atoms with Crippen LogP contribution < -0.4 is 0 Å². The Bertz CT molecular complexity index is 922. The third kappa shape index (κ3) is 5.49. The van der Waals surface area contributed by atoms with Crippen molar-refractivity contribution >= 4 is 34.7 Å². The Balaban J connectivity index is 1.62. The fourth-order valence-corrected chi connectivity index (χ4v) is 3.76. The molecule has 0 aliphatic heterocycles. The van der Waals surface area contributed by atoms with Gasteiger partial charge in [0.1, 0.15) is 10.8 Å². The lowest BCUT2D eigenvalue weighted by Gasteiger charge is -2.11. The highest BCUT2D eigenvalue weighted by Gasteiger charge is 2.22. The number of nitrogens with zero attached hydrogens (tertiary/aromatic N) is 1. The van der Waals surface area contributed by atoms with Gasteiger partial charge in [0.2, 0.25) is 0 Å². The van der Waals surface area contributed by atoms with Crippen molar-refractivity contribution < 1.29 is 14.7 Å². The molecule has 0 aliphatic rings. The number of carboxylic acids is 1. The molecule has 1 N–H and O–H groups in total. The van der Waals surface area contributed by atoms with E-state index >= 15 is 0 Å². The van der Waals surface area contributed by atoms with Crippen molar-refractivity contribution in [2.24, 2.45) is 5.92 Å². The molecule has 2 aromatic carbocycles. The summed E-state index contributed by atoms with van der Waals surface area (Å²) in [6.45, 7) is 0. The van der Waals surface area contributed by atoms with E-state index in [1.165, 1.54) is 11.3 Å². The lowest BCUT2D eigenvalue weighted by atomic mass is 9.93. The summed E-state index contributed by atoms with van der Waals surface area (Å²) in [5, 5.41) is 12.8. The number of aromatic nitrogens is 1. The largest absolute Gasteiger partial charge is 0.481 e. The van der Waals surface area contributed by atoms with Crippen molar-refractivity contribution in [2.75, 3.05) is 0 Å². The number of carbonyl (C=O) groups is 2. The maximum atomic E-state index is 12.4. The topological polar surface area (TPSA) is 67.3 Å². The van der Waals surface area contributed by atoms with Crippen molar-refractivity contribution in [2.45, 2.75) is 19.3 Å². The Hall–Kier alpha value is -2.50. The van der Waals surface area contributed by atoms with Crippen LogP contribution in [-0.4, -0.2) is 21.8 Å². The van der Waals surface area contributed by atoms with Crippen LogP contribution >= 0.6 is 22.9 Å². The molecule has 0 bridgehead atoms. The maximum absolute atomic E-state index is 12.4. The van der Waals surface area contributed by atoms with Crippen LogP contribution in [0.2, 0.25) is 5.02 Å². The van der Waals surface area contributed by atoms with E-state index in [0.29, 0.717) is 17.1 Å². The minimum Gasteiger partial charge on any atom is -0.481 e. The summed E-state index contributed by atoms with van der Waals surface area (Å²) < 4.78 is 0. The average Bonchev–Trinajstić information content (AvgIpc) is 3.11. The molecule has 3 aromatic rings. The van der Waals surface area contributed by atoms with E-state index < -0.39 is 11.9 Å². The Kier molecular flexibility index (Phi) is 6.37. The maximum Gasteiger partial charge on any atom is 0.307 e. The van der Waals surface area contributed by atoms with E-state index in [1.54, 1.807) is 12.1 Å². The van der Waals surface area contributed by atoms with Crippen LogP contribution in [0, 0.1) is 5.92 Å². The van der Waals surface area contributed by atoms with Gasteiger partial charge in [-0.3, -0.25) is 9.59 Å². The van der Waals surface area contributed by atoms with Crippen LogP contribution in [0.25, 0.3) is 10.6 Å². The number of hydrogen-bond acceptors (Lipinski definition) is 4. The summed E-state index contributed by atoms with van der Waals surface area (Å²) >= 11 is 7.35. The number of carboxylic acid groups (broad SMARTS) is 1. The quantitative estimate of drug-likeness (QED) is 0.584. The third-order valence-corrected chi connectivity index (χ3v) is 5.36. The first-order valence-electron chi connectivity index (χ1n) is 8.50. The van der Waals surface area contributed by atoms with Crippen LogP contribution in [0.1, 0.15) is 17.7 Å². The van der Waals surface area contributed by atoms with Gasteiger partial charge in [-0.2, -0.15) is 0 Å². The number of benzene rings is 2. The van der Waals surface area contributed by atoms with Gasteiger partial charge < -0.3 is 5.11 Å². The summed E-state index contributed by atoms with van der Waals surface area (Å²) in [5.74, 6) is -1.80. The number of Topliss-reactive ketones (excluding diaryl/α,β-unsaturated/α-hetero) is 1. The zero-order valence-electron chi connectivity index (χ0n) is 14.5. The standard InChI is InChI=1S/C21H18ClNO3S/c22-17-8-6-15(7-9-17)20-23-18(13-27-20)12-19(24)11-16(21(25)26)10-14-4-2-1-3-5-14/h1-9,13,16H,10-12H2,(H,25,26)/t16-/m0/s1. The number of rotatable bonds is 8. The molecule has 0 radical (unpaired) electrons. The van der Waals surface area contributed by atoms with Gasteiger partial charge in [0.25, 0.3) is 0 Å². The van der Waals surface area contributed by atoms with Gasteiger partial charge in [-0.15, -0.1) is 11.3 Å². The molecule has 0 aliphatic carbocycles. The van der Waals surface area contributed by atoms with Crippen LogP contribution in [0.5, 0.6) is 0 Å². The van der Waals surface area contributed by atoms with Crippen molar-refractivity contribution in [1.29, 1.82) is 0 Å². The molecule has 0 spiro atoms. The molecule has 138 valence electrons. The average molecular weight is 400 g/mol. The highest BCUT2D eigenvalue weighted by atomic mass is 35.5. The second-order valence-corrected chi connectivity index (χ2v) is 7.59. The fourth-order valence-electron chi connectivity index (χ4n) is 2.81. The molecule has 0 unspecified atom stereocenters. The molecule has 1 atom stereocenters. The number of ketones is 1. The zero-order chi connectivity index (χ0) is 19.2. The summed E-state index contributed by atoms with van der Waals surface area (Å²) in [6.07, 6.45) is 0.482. The molecule has 0 fully saturated rings. The Morgan fingerprint density at radius 1 is 1.07 bits per heavy atom. The number of carbonyl (C=O) groups excluding carboxylic acids is 1. The number of hydrogen-bond donors (Lipinski definition) is 1. The fraction of sp³-hybridized carbons (Fsp3) is 0.190. The summed E-state index contributed by atoms with van der Waals surface area (Å²) in [5.41, 5.74) is 2.52. The van der Waals surface area contributed by atoms with E-state index in [-0.39, 0.29) is 18.6 Å². The first-order valence-corrected chi connectivity index (χ1v) is 9.76. The third-order valence-electron chi connectivity index (χ3n) is 4.17. The summed E-state index contributed by atoms with van der Waals surface area (Å²) in [7, 11) is 0. The van der Waals surface area contributed by atoms with E-state index in [1.807, 2.05) is 47.8 Å². The van der Waals surface area contributed by atoms with Gasteiger partial charge in [-0.05, 0) is 24.1 Å². The first-order chi connectivity index (χ1) is 13.0.